The molecule has 20 heavy (non-hydrogen) atoms. The number of ether oxygens (including phenoxy) is 1. The molecule has 7 heteroatoms. The van der Waals surface area contributed by atoms with Gasteiger partial charge in [-0.25, -0.2) is 0 Å². The lowest BCUT2D eigenvalue weighted by atomic mass is 9.67. The third kappa shape index (κ3) is 4.34. The number of nitrogens with two attached hydrogens (primary N) is 1. The molecular formula is C13H21F3N2O2. The maximum absolute atomic E-state index is 11.9. The lowest BCUT2D eigenvalue weighted by Gasteiger charge is -2.45. The number of amides is 1. The van der Waals surface area contributed by atoms with Crippen LogP contribution in [0.4, 0.5) is 13.2 Å². The second kappa shape index (κ2) is 6.30. The molecule has 2 aliphatic carbocycles. The van der Waals surface area contributed by atoms with Crippen molar-refractivity contribution in [2.24, 2.45) is 17.6 Å². The van der Waals surface area contributed by atoms with Gasteiger partial charge in [0.2, 0.25) is 5.91 Å². The molecule has 3 N–H and O–H groups in total. The molecule has 0 aromatic carbocycles. The van der Waals surface area contributed by atoms with E-state index in [9.17, 15) is 18.0 Å². The summed E-state index contributed by atoms with van der Waals surface area (Å²) < 4.78 is 40.2. The number of hydrogen-bond donors (Lipinski definition) is 2. The molecule has 0 saturated heterocycles. The first-order valence-electron chi connectivity index (χ1n) is 7.04. The Labute approximate surface area is 116 Å². The Kier molecular flexibility index (Phi) is 4.90. The second-order valence-corrected chi connectivity index (χ2v) is 5.88. The van der Waals surface area contributed by atoms with Crippen LogP contribution >= 0.6 is 0 Å². The third-order valence-corrected chi connectivity index (χ3v) is 4.20. The lowest BCUT2D eigenvalue weighted by molar-refractivity contribution is -0.176. The Bertz CT molecular complexity index is 335. The Morgan fingerprint density at radius 2 is 1.85 bits per heavy atom. The van der Waals surface area contributed by atoms with Crippen molar-refractivity contribution in [2.75, 3.05) is 13.2 Å². The molecule has 2 atom stereocenters. The quantitative estimate of drug-likeness (QED) is 0.827. The summed E-state index contributed by atoms with van der Waals surface area (Å²) in [4.78, 5) is 11.7. The van der Waals surface area contributed by atoms with Crippen molar-refractivity contribution in [1.82, 2.24) is 5.32 Å². The van der Waals surface area contributed by atoms with Gasteiger partial charge in [-0.2, -0.15) is 13.2 Å². The highest BCUT2D eigenvalue weighted by Gasteiger charge is 2.39. The van der Waals surface area contributed by atoms with Crippen LogP contribution in [0.2, 0.25) is 0 Å². The van der Waals surface area contributed by atoms with Gasteiger partial charge in [-0.3, -0.25) is 4.79 Å². The van der Waals surface area contributed by atoms with Gasteiger partial charge in [0, 0.05) is 12.1 Å². The van der Waals surface area contributed by atoms with Crippen molar-refractivity contribution in [3.8, 4) is 0 Å². The average molecular weight is 294 g/mol. The Morgan fingerprint density at radius 3 is 2.40 bits per heavy atom. The topological polar surface area (TPSA) is 64.3 Å². The molecule has 0 aromatic rings. The fourth-order valence-corrected chi connectivity index (χ4v) is 3.51. The maximum atomic E-state index is 11.9. The van der Waals surface area contributed by atoms with Gasteiger partial charge in [0.25, 0.3) is 0 Å². The van der Waals surface area contributed by atoms with Crippen LogP contribution in [0.5, 0.6) is 0 Å². The lowest BCUT2D eigenvalue weighted by Crippen LogP contribution is -2.54. The smallest absolute Gasteiger partial charge is 0.362 e. The first kappa shape index (κ1) is 15.6. The minimum atomic E-state index is -4.39. The zero-order valence-electron chi connectivity index (χ0n) is 11.3. The molecule has 4 nitrogen and oxygen atoms in total. The number of fused-ring (bicyclic) bond motifs is 2. The summed E-state index contributed by atoms with van der Waals surface area (Å²) >= 11 is 0. The monoisotopic (exact) mass is 294 g/mol. The van der Waals surface area contributed by atoms with Crippen molar-refractivity contribution in [2.45, 2.75) is 50.4 Å². The largest absolute Gasteiger partial charge is 0.411 e. The molecule has 116 valence electrons. The van der Waals surface area contributed by atoms with Crippen molar-refractivity contribution < 1.29 is 22.7 Å². The summed E-state index contributed by atoms with van der Waals surface area (Å²) in [5.41, 5.74) is 5.98. The van der Waals surface area contributed by atoms with E-state index in [0.717, 1.165) is 32.1 Å². The molecule has 0 spiro atoms. The van der Waals surface area contributed by atoms with Crippen LogP contribution < -0.4 is 11.1 Å². The number of carbonyl (C=O) groups is 1. The van der Waals surface area contributed by atoms with E-state index in [1.165, 1.54) is 0 Å². The van der Waals surface area contributed by atoms with Gasteiger partial charge in [0.1, 0.15) is 13.2 Å². The first-order valence-corrected chi connectivity index (χ1v) is 7.04. The van der Waals surface area contributed by atoms with Crippen LogP contribution in [0.15, 0.2) is 0 Å². The van der Waals surface area contributed by atoms with E-state index in [2.05, 4.69) is 10.1 Å². The van der Waals surface area contributed by atoms with Gasteiger partial charge in [-0.05, 0) is 37.5 Å². The molecule has 2 aliphatic rings. The van der Waals surface area contributed by atoms with Crippen molar-refractivity contribution >= 4 is 5.91 Å². The Morgan fingerprint density at radius 1 is 1.25 bits per heavy atom. The zero-order chi connectivity index (χ0) is 14.8. The van der Waals surface area contributed by atoms with Crippen LogP contribution in [0.3, 0.4) is 0 Å². The van der Waals surface area contributed by atoms with E-state index < -0.39 is 25.3 Å². The number of rotatable bonds is 4. The average Bonchev–Trinajstić information content (AvgIpc) is 2.28. The predicted molar refractivity (Wildman–Crippen MR) is 66.8 cm³/mol. The Balaban J connectivity index is 1.79. The van der Waals surface area contributed by atoms with Crippen LogP contribution in [-0.2, 0) is 9.53 Å². The number of hydrogen-bond acceptors (Lipinski definition) is 3. The summed E-state index contributed by atoms with van der Waals surface area (Å²) in [6.07, 6.45) is 0.556. The normalized spacial score (nSPS) is 33.8. The molecule has 0 aliphatic heterocycles. The van der Waals surface area contributed by atoms with E-state index in [1.54, 1.807) is 0 Å². The summed E-state index contributed by atoms with van der Waals surface area (Å²) in [7, 11) is 0. The van der Waals surface area contributed by atoms with Crippen LogP contribution in [-0.4, -0.2) is 37.4 Å². The molecule has 0 heterocycles. The summed E-state index contributed by atoms with van der Waals surface area (Å²) in [5, 5.41) is 2.84. The minimum Gasteiger partial charge on any atom is -0.362 e. The maximum Gasteiger partial charge on any atom is 0.411 e. The van der Waals surface area contributed by atoms with Gasteiger partial charge in [0.15, 0.2) is 0 Å². The van der Waals surface area contributed by atoms with Crippen molar-refractivity contribution in [3.63, 3.8) is 0 Å². The molecule has 0 radical (unpaired) electrons. The van der Waals surface area contributed by atoms with Crippen LogP contribution in [0.25, 0.3) is 0 Å². The molecule has 2 unspecified atom stereocenters. The van der Waals surface area contributed by atoms with Gasteiger partial charge in [0.05, 0.1) is 0 Å². The third-order valence-electron chi connectivity index (χ3n) is 4.20. The van der Waals surface area contributed by atoms with Crippen LogP contribution in [0.1, 0.15) is 32.1 Å². The van der Waals surface area contributed by atoms with Crippen molar-refractivity contribution in [1.29, 1.82) is 0 Å². The van der Waals surface area contributed by atoms with E-state index in [4.69, 9.17) is 5.73 Å². The SMILES string of the molecule is NC1CC2CCCC(C1)C2NC(=O)COCC(F)(F)F. The molecule has 2 bridgehead atoms. The summed E-state index contributed by atoms with van der Waals surface area (Å²) in [6, 6.07) is 0.227. The molecule has 2 saturated carbocycles. The zero-order valence-corrected chi connectivity index (χ0v) is 11.3. The predicted octanol–water partition coefficient (Wildman–Crippen LogP) is 1.59. The highest BCUT2D eigenvalue weighted by atomic mass is 19.4. The molecule has 1 amide bonds. The number of nitrogens with one attached hydrogen (secondary N) is 1. The number of carbonyl (C=O) groups excluding carboxylic acids is 1. The summed E-state index contributed by atoms with van der Waals surface area (Å²) in [6.45, 7) is -1.93. The second-order valence-electron chi connectivity index (χ2n) is 5.88. The van der Waals surface area contributed by atoms with E-state index >= 15 is 0 Å². The highest BCUT2D eigenvalue weighted by Crippen LogP contribution is 2.39. The minimum absolute atomic E-state index is 0.0468. The van der Waals surface area contributed by atoms with Crippen molar-refractivity contribution in [3.05, 3.63) is 0 Å². The van der Waals surface area contributed by atoms with E-state index in [0.29, 0.717) is 11.8 Å². The summed E-state index contributed by atoms with van der Waals surface area (Å²) in [5.74, 6) is 0.236. The molecular weight excluding hydrogens is 273 g/mol. The van der Waals surface area contributed by atoms with E-state index in [-0.39, 0.29) is 12.1 Å². The van der Waals surface area contributed by atoms with Gasteiger partial charge < -0.3 is 15.8 Å². The molecule has 2 fully saturated rings. The first-order chi connectivity index (χ1) is 9.35. The van der Waals surface area contributed by atoms with Gasteiger partial charge >= 0.3 is 6.18 Å². The standard InChI is InChI=1S/C13H21F3N2O2/c14-13(15,16)7-20-6-11(19)18-12-8-2-1-3-9(12)5-10(17)4-8/h8-10,12H,1-7,17H2,(H,18,19). The van der Waals surface area contributed by atoms with Crippen LogP contribution in [0, 0.1) is 11.8 Å². The number of alkyl halides is 3. The van der Waals surface area contributed by atoms with Gasteiger partial charge in [-0.15, -0.1) is 0 Å². The van der Waals surface area contributed by atoms with E-state index in [1.807, 2.05) is 0 Å². The fraction of sp³-hybridized carbons (Fsp3) is 0.923. The number of halogens is 3. The Hall–Kier alpha value is -0.820. The fourth-order valence-electron chi connectivity index (χ4n) is 3.51. The molecule has 0 aromatic heterocycles. The molecule has 2 rings (SSSR count). The highest BCUT2D eigenvalue weighted by molar-refractivity contribution is 5.77. The van der Waals surface area contributed by atoms with Gasteiger partial charge in [-0.1, -0.05) is 6.42 Å².